The van der Waals surface area contributed by atoms with Crippen LogP contribution in [0.3, 0.4) is 0 Å². The molecule has 18 heavy (non-hydrogen) atoms. The van der Waals surface area contributed by atoms with Gasteiger partial charge in [0.2, 0.25) is 11.9 Å². The van der Waals surface area contributed by atoms with E-state index in [0.29, 0.717) is 18.3 Å². The van der Waals surface area contributed by atoms with Crippen LogP contribution in [0.15, 0.2) is 0 Å². The van der Waals surface area contributed by atoms with Gasteiger partial charge in [0.25, 0.3) is 0 Å². The van der Waals surface area contributed by atoms with Gasteiger partial charge in [-0.3, -0.25) is 4.90 Å². The van der Waals surface area contributed by atoms with Crippen LogP contribution in [0.2, 0.25) is 0 Å². The Bertz CT molecular complexity index is 384. The zero-order chi connectivity index (χ0) is 13.7. The third-order valence-electron chi connectivity index (χ3n) is 2.77. The molecule has 0 saturated heterocycles. The van der Waals surface area contributed by atoms with E-state index in [4.69, 9.17) is 10.8 Å². The molecular weight excluding hydrogens is 232 g/mol. The summed E-state index contributed by atoms with van der Waals surface area (Å²) in [6, 6.07) is -0.00819. The first-order valence-corrected chi connectivity index (χ1v) is 6.03. The summed E-state index contributed by atoms with van der Waals surface area (Å²) in [6.07, 6.45) is 0. The Balaban J connectivity index is 3.00. The molecule has 1 rings (SSSR count). The molecule has 0 spiro atoms. The number of aliphatic hydroxyl groups is 1. The van der Waals surface area contributed by atoms with Gasteiger partial charge in [-0.2, -0.15) is 15.0 Å². The highest BCUT2D eigenvalue weighted by Crippen LogP contribution is 2.18. The van der Waals surface area contributed by atoms with Crippen LogP contribution in [-0.4, -0.2) is 58.8 Å². The van der Waals surface area contributed by atoms with E-state index < -0.39 is 0 Å². The number of nitrogens with two attached hydrogens (primary N) is 1. The predicted molar refractivity (Wildman–Crippen MR) is 71.3 cm³/mol. The van der Waals surface area contributed by atoms with Crippen molar-refractivity contribution in [3.8, 4) is 0 Å². The van der Waals surface area contributed by atoms with Gasteiger partial charge in [-0.25, -0.2) is 0 Å². The number of rotatable bonds is 6. The second-order valence-electron chi connectivity index (χ2n) is 4.27. The van der Waals surface area contributed by atoms with Gasteiger partial charge >= 0.3 is 0 Å². The number of hydrogen-bond acceptors (Lipinski definition) is 7. The van der Waals surface area contributed by atoms with Crippen LogP contribution in [0.1, 0.15) is 25.7 Å². The molecule has 1 heterocycles. The number of aliphatic hydroxyl groups excluding tert-OH is 1. The maximum atomic E-state index is 9.03. The molecule has 3 N–H and O–H groups in total. The molecule has 7 heteroatoms. The minimum Gasteiger partial charge on any atom is -0.395 e. The van der Waals surface area contributed by atoms with Gasteiger partial charge in [0, 0.05) is 20.6 Å². The first-order valence-electron chi connectivity index (χ1n) is 6.03. The van der Waals surface area contributed by atoms with Gasteiger partial charge < -0.3 is 15.7 Å². The third kappa shape index (κ3) is 3.51. The molecule has 7 nitrogen and oxygen atoms in total. The van der Waals surface area contributed by atoms with E-state index >= 15 is 0 Å². The van der Waals surface area contributed by atoms with Crippen LogP contribution in [0, 0.1) is 0 Å². The Morgan fingerprint density at radius 1 is 1.28 bits per heavy atom. The molecule has 0 aromatic carbocycles. The largest absolute Gasteiger partial charge is 0.395 e. The van der Waals surface area contributed by atoms with E-state index in [0.717, 1.165) is 6.54 Å². The van der Waals surface area contributed by atoms with E-state index in [2.05, 4.69) is 19.9 Å². The van der Waals surface area contributed by atoms with Gasteiger partial charge in [-0.05, 0) is 13.5 Å². The van der Waals surface area contributed by atoms with Crippen LogP contribution >= 0.6 is 0 Å². The summed E-state index contributed by atoms with van der Waals surface area (Å²) in [4.78, 5) is 16.5. The van der Waals surface area contributed by atoms with Crippen molar-refractivity contribution in [2.45, 2.75) is 19.9 Å². The number of likely N-dealkylation sites (N-methyl/N-ethyl adjacent to an activating group) is 1. The lowest BCUT2D eigenvalue weighted by atomic mass is 10.2. The van der Waals surface area contributed by atoms with Gasteiger partial charge in [0.15, 0.2) is 5.82 Å². The summed E-state index contributed by atoms with van der Waals surface area (Å²) in [5.41, 5.74) is 5.69. The van der Waals surface area contributed by atoms with Gasteiger partial charge in [-0.15, -0.1) is 0 Å². The van der Waals surface area contributed by atoms with Crippen molar-refractivity contribution in [2.24, 2.45) is 0 Å². The first-order chi connectivity index (χ1) is 8.49. The maximum absolute atomic E-state index is 9.03. The van der Waals surface area contributed by atoms with E-state index in [1.165, 1.54) is 0 Å². The van der Waals surface area contributed by atoms with Crippen molar-refractivity contribution in [1.82, 2.24) is 19.9 Å². The topological polar surface area (TPSA) is 91.4 Å². The summed E-state index contributed by atoms with van der Waals surface area (Å²) in [5, 5.41) is 9.03. The fraction of sp³-hybridized carbons (Fsp3) is 0.727. The fourth-order valence-corrected chi connectivity index (χ4v) is 1.70. The summed E-state index contributed by atoms with van der Waals surface area (Å²) in [7, 11) is 3.71. The quantitative estimate of drug-likeness (QED) is 0.732. The van der Waals surface area contributed by atoms with Crippen molar-refractivity contribution < 1.29 is 5.11 Å². The number of anilines is 2. The molecule has 102 valence electrons. The number of aromatic nitrogens is 3. The Kier molecular flexibility index (Phi) is 5.24. The Labute approximate surface area is 108 Å². The smallest absolute Gasteiger partial charge is 0.229 e. The highest BCUT2D eigenvalue weighted by molar-refractivity contribution is 5.33. The predicted octanol–water partition coefficient (Wildman–Crippen LogP) is -0.105. The Morgan fingerprint density at radius 3 is 2.44 bits per heavy atom. The molecule has 0 saturated carbocycles. The van der Waals surface area contributed by atoms with E-state index in [1.54, 1.807) is 4.90 Å². The minimum absolute atomic E-state index is 0.00819. The standard InChI is InChI=1S/C11H22N6O/c1-5-17(6-7-18)8(2)9-13-10(12)15-11(14-9)16(3)4/h8,18H,5-7H2,1-4H3,(H2,12,13,14,15). The van der Waals surface area contributed by atoms with E-state index in [-0.39, 0.29) is 18.6 Å². The van der Waals surface area contributed by atoms with E-state index in [1.807, 2.05) is 27.9 Å². The number of hydrogen-bond donors (Lipinski definition) is 2. The average molecular weight is 254 g/mol. The molecule has 1 unspecified atom stereocenters. The van der Waals surface area contributed by atoms with Crippen LogP contribution in [0.4, 0.5) is 11.9 Å². The Hall–Kier alpha value is -1.47. The summed E-state index contributed by atoms with van der Waals surface area (Å²) < 4.78 is 0. The van der Waals surface area contributed by atoms with Crippen LogP contribution in [-0.2, 0) is 0 Å². The summed E-state index contributed by atoms with van der Waals surface area (Å²) in [6.45, 7) is 5.53. The summed E-state index contributed by atoms with van der Waals surface area (Å²) >= 11 is 0. The first kappa shape index (κ1) is 14.6. The molecule has 0 fully saturated rings. The summed E-state index contributed by atoms with van der Waals surface area (Å²) in [5.74, 6) is 1.39. The lowest BCUT2D eigenvalue weighted by Crippen LogP contribution is -2.31. The average Bonchev–Trinajstić information content (AvgIpc) is 2.34. The highest BCUT2D eigenvalue weighted by Gasteiger charge is 2.18. The molecule has 0 aliphatic heterocycles. The highest BCUT2D eigenvalue weighted by atomic mass is 16.3. The van der Waals surface area contributed by atoms with Crippen molar-refractivity contribution in [3.05, 3.63) is 5.82 Å². The SMILES string of the molecule is CCN(CCO)C(C)c1nc(N)nc(N(C)C)n1. The number of nitrogen functional groups attached to an aromatic ring is 1. The molecule has 1 aromatic rings. The minimum atomic E-state index is -0.00819. The molecule has 0 radical (unpaired) electrons. The molecule has 0 bridgehead atoms. The van der Waals surface area contributed by atoms with E-state index in [9.17, 15) is 0 Å². The lowest BCUT2D eigenvalue weighted by Gasteiger charge is -2.26. The second kappa shape index (κ2) is 6.46. The molecule has 1 atom stereocenters. The molecule has 1 aromatic heterocycles. The third-order valence-corrected chi connectivity index (χ3v) is 2.77. The van der Waals surface area contributed by atoms with Gasteiger partial charge in [-0.1, -0.05) is 6.92 Å². The van der Waals surface area contributed by atoms with Gasteiger partial charge in [0.05, 0.1) is 12.6 Å². The van der Waals surface area contributed by atoms with Crippen LogP contribution in [0.5, 0.6) is 0 Å². The maximum Gasteiger partial charge on any atom is 0.229 e. The zero-order valence-electron chi connectivity index (χ0n) is 11.5. The molecule has 0 aliphatic rings. The zero-order valence-corrected chi connectivity index (χ0v) is 11.5. The fourth-order valence-electron chi connectivity index (χ4n) is 1.70. The molecule has 0 amide bonds. The van der Waals surface area contributed by atoms with Crippen molar-refractivity contribution >= 4 is 11.9 Å². The van der Waals surface area contributed by atoms with Crippen LogP contribution in [0.25, 0.3) is 0 Å². The molecule has 0 aliphatic carbocycles. The number of nitrogens with zero attached hydrogens (tertiary/aromatic N) is 5. The van der Waals surface area contributed by atoms with Crippen molar-refractivity contribution in [2.75, 3.05) is 44.4 Å². The monoisotopic (exact) mass is 254 g/mol. The lowest BCUT2D eigenvalue weighted by molar-refractivity contribution is 0.161. The Morgan fingerprint density at radius 2 is 1.94 bits per heavy atom. The van der Waals surface area contributed by atoms with Crippen molar-refractivity contribution in [3.63, 3.8) is 0 Å². The second-order valence-corrected chi connectivity index (χ2v) is 4.27. The molecular formula is C11H22N6O. The van der Waals surface area contributed by atoms with Crippen molar-refractivity contribution in [1.29, 1.82) is 0 Å². The van der Waals surface area contributed by atoms with Crippen LogP contribution < -0.4 is 10.6 Å². The normalized spacial score (nSPS) is 12.8. The van der Waals surface area contributed by atoms with Gasteiger partial charge in [0.1, 0.15) is 0 Å².